The Hall–Kier alpha value is -2.53. The first kappa shape index (κ1) is 17.8. The molecule has 126 valence electrons. The Kier molecular flexibility index (Phi) is 6.21. The molecule has 0 heterocycles. The van der Waals surface area contributed by atoms with E-state index in [9.17, 15) is 9.59 Å². The van der Waals surface area contributed by atoms with Crippen LogP contribution in [0.5, 0.6) is 5.75 Å². The van der Waals surface area contributed by atoms with Crippen molar-refractivity contribution in [3.63, 3.8) is 0 Å². The van der Waals surface area contributed by atoms with Crippen LogP contribution in [0.2, 0.25) is 5.02 Å². The Labute approximate surface area is 145 Å². The van der Waals surface area contributed by atoms with Gasteiger partial charge in [0, 0.05) is 0 Å². The summed E-state index contributed by atoms with van der Waals surface area (Å²) in [5.74, 6) is -0.374. The summed E-state index contributed by atoms with van der Waals surface area (Å²) in [5.41, 5.74) is 0.809. The molecule has 1 atom stereocenters. The van der Waals surface area contributed by atoms with Crippen LogP contribution in [0.15, 0.2) is 48.5 Å². The van der Waals surface area contributed by atoms with E-state index in [0.29, 0.717) is 28.6 Å². The Bertz CT molecular complexity index is 715. The molecule has 0 fully saturated rings. The van der Waals surface area contributed by atoms with E-state index >= 15 is 0 Å². The average Bonchev–Trinajstić information content (AvgIpc) is 2.57. The molecule has 0 spiro atoms. The van der Waals surface area contributed by atoms with E-state index in [1.165, 1.54) is 6.92 Å². The van der Waals surface area contributed by atoms with Crippen molar-refractivity contribution in [2.24, 2.45) is 0 Å². The first-order valence-electron chi connectivity index (χ1n) is 7.50. The van der Waals surface area contributed by atoms with Crippen LogP contribution in [0.25, 0.3) is 0 Å². The number of esters is 1. The molecule has 5 nitrogen and oxygen atoms in total. The molecule has 1 amide bonds. The highest BCUT2D eigenvalue weighted by Crippen LogP contribution is 2.21. The van der Waals surface area contributed by atoms with E-state index in [1.807, 2.05) is 6.92 Å². The van der Waals surface area contributed by atoms with Gasteiger partial charge in [-0.3, -0.25) is 4.79 Å². The van der Waals surface area contributed by atoms with Crippen molar-refractivity contribution in [1.82, 2.24) is 0 Å². The van der Waals surface area contributed by atoms with Crippen LogP contribution in [-0.4, -0.2) is 24.6 Å². The maximum absolute atomic E-state index is 12.1. The highest BCUT2D eigenvalue weighted by atomic mass is 35.5. The summed E-state index contributed by atoms with van der Waals surface area (Å²) in [6, 6.07) is 13.4. The number of hydrogen-bond donors (Lipinski definition) is 1. The molecule has 2 aromatic rings. The summed E-state index contributed by atoms with van der Waals surface area (Å²) < 4.78 is 10.5. The van der Waals surface area contributed by atoms with Gasteiger partial charge < -0.3 is 14.8 Å². The number of rotatable bonds is 6. The van der Waals surface area contributed by atoms with Crippen molar-refractivity contribution in [3.05, 3.63) is 59.1 Å². The molecule has 0 aliphatic carbocycles. The van der Waals surface area contributed by atoms with Gasteiger partial charge in [-0.05, 0) is 50.2 Å². The molecule has 0 radical (unpaired) electrons. The van der Waals surface area contributed by atoms with Crippen LogP contribution in [0.3, 0.4) is 0 Å². The lowest BCUT2D eigenvalue weighted by atomic mass is 10.2. The number of nitrogens with one attached hydrogen (secondary N) is 1. The number of amides is 1. The lowest BCUT2D eigenvalue weighted by Gasteiger charge is -2.14. The number of para-hydroxylation sites is 1. The zero-order chi connectivity index (χ0) is 17.5. The number of anilines is 1. The molecule has 24 heavy (non-hydrogen) atoms. The molecule has 0 aliphatic rings. The molecule has 0 aliphatic heterocycles. The highest BCUT2D eigenvalue weighted by Gasteiger charge is 2.19. The quantitative estimate of drug-likeness (QED) is 0.804. The van der Waals surface area contributed by atoms with E-state index < -0.39 is 18.0 Å². The summed E-state index contributed by atoms with van der Waals surface area (Å²) in [6.07, 6.45) is -0.958. The van der Waals surface area contributed by atoms with Gasteiger partial charge in [-0.15, -0.1) is 0 Å². The van der Waals surface area contributed by atoms with Gasteiger partial charge in [0.1, 0.15) is 5.75 Å². The number of hydrogen-bond acceptors (Lipinski definition) is 4. The van der Waals surface area contributed by atoms with Crippen molar-refractivity contribution in [2.45, 2.75) is 20.0 Å². The number of carbonyl (C=O) groups is 2. The van der Waals surface area contributed by atoms with E-state index in [0.717, 1.165) is 0 Å². The first-order chi connectivity index (χ1) is 11.5. The van der Waals surface area contributed by atoms with Crippen LogP contribution in [-0.2, 0) is 9.53 Å². The third kappa shape index (κ3) is 4.73. The van der Waals surface area contributed by atoms with E-state index in [-0.39, 0.29) is 0 Å². The fourth-order valence-corrected chi connectivity index (χ4v) is 2.12. The van der Waals surface area contributed by atoms with E-state index in [1.54, 1.807) is 48.5 Å². The maximum atomic E-state index is 12.1. The summed E-state index contributed by atoms with van der Waals surface area (Å²) in [6.45, 7) is 3.92. The second-order valence-corrected chi connectivity index (χ2v) is 5.38. The van der Waals surface area contributed by atoms with Crippen LogP contribution < -0.4 is 10.1 Å². The van der Waals surface area contributed by atoms with Gasteiger partial charge in [0.05, 0.1) is 22.9 Å². The van der Waals surface area contributed by atoms with E-state index in [2.05, 4.69) is 5.32 Å². The summed E-state index contributed by atoms with van der Waals surface area (Å²) in [7, 11) is 0. The molecule has 0 saturated heterocycles. The van der Waals surface area contributed by atoms with Crippen molar-refractivity contribution in [2.75, 3.05) is 11.9 Å². The second-order valence-electron chi connectivity index (χ2n) is 4.97. The number of benzene rings is 2. The van der Waals surface area contributed by atoms with Gasteiger partial charge in [0.15, 0.2) is 6.10 Å². The normalized spacial score (nSPS) is 11.5. The van der Waals surface area contributed by atoms with E-state index in [4.69, 9.17) is 21.1 Å². The fraction of sp³-hybridized carbons (Fsp3) is 0.222. The summed E-state index contributed by atoms with van der Waals surface area (Å²) >= 11 is 5.98. The van der Waals surface area contributed by atoms with Gasteiger partial charge >= 0.3 is 5.97 Å². The monoisotopic (exact) mass is 347 g/mol. The summed E-state index contributed by atoms with van der Waals surface area (Å²) in [4.78, 5) is 24.2. The molecule has 1 N–H and O–H groups in total. The second kappa shape index (κ2) is 8.36. The molecule has 1 unspecified atom stereocenters. The van der Waals surface area contributed by atoms with Gasteiger partial charge in [0.25, 0.3) is 5.91 Å². The average molecular weight is 348 g/mol. The van der Waals surface area contributed by atoms with Crippen molar-refractivity contribution >= 4 is 29.2 Å². The number of ether oxygens (including phenoxy) is 2. The van der Waals surface area contributed by atoms with Crippen LogP contribution in [0.1, 0.15) is 24.2 Å². The number of carbonyl (C=O) groups excluding carboxylic acids is 2. The Morgan fingerprint density at radius 1 is 1.12 bits per heavy atom. The van der Waals surface area contributed by atoms with Crippen LogP contribution in [0, 0.1) is 0 Å². The topological polar surface area (TPSA) is 64.6 Å². The lowest BCUT2D eigenvalue weighted by molar-refractivity contribution is -0.123. The third-order valence-corrected chi connectivity index (χ3v) is 3.52. The highest BCUT2D eigenvalue weighted by molar-refractivity contribution is 6.33. The minimum Gasteiger partial charge on any atom is -0.494 e. The zero-order valence-corrected chi connectivity index (χ0v) is 14.2. The molecule has 2 rings (SSSR count). The molecule has 6 heteroatoms. The summed E-state index contributed by atoms with van der Waals surface area (Å²) in [5, 5.41) is 3.04. The van der Waals surface area contributed by atoms with Gasteiger partial charge in [-0.1, -0.05) is 23.7 Å². The van der Waals surface area contributed by atoms with Gasteiger partial charge in [-0.2, -0.15) is 0 Å². The molecule has 0 bridgehead atoms. The van der Waals surface area contributed by atoms with Crippen molar-refractivity contribution in [3.8, 4) is 5.75 Å². The molecule has 0 saturated carbocycles. The van der Waals surface area contributed by atoms with Crippen molar-refractivity contribution in [1.29, 1.82) is 0 Å². The minimum absolute atomic E-state index is 0.343. The maximum Gasteiger partial charge on any atom is 0.338 e. The Morgan fingerprint density at radius 3 is 2.42 bits per heavy atom. The first-order valence-corrected chi connectivity index (χ1v) is 7.88. The molecular formula is C18H18ClNO4. The van der Waals surface area contributed by atoms with Gasteiger partial charge in [0.2, 0.25) is 0 Å². The Morgan fingerprint density at radius 2 is 1.79 bits per heavy atom. The fourth-order valence-electron chi connectivity index (χ4n) is 1.93. The van der Waals surface area contributed by atoms with Gasteiger partial charge in [-0.25, -0.2) is 4.79 Å². The molecular weight excluding hydrogens is 330 g/mol. The van der Waals surface area contributed by atoms with Crippen LogP contribution in [0.4, 0.5) is 5.69 Å². The van der Waals surface area contributed by atoms with Crippen molar-refractivity contribution < 1.29 is 19.1 Å². The predicted octanol–water partition coefficient (Wildman–Crippen LogP) is 3.92. The molecule has 0 aromatic heterocycles. The smallest absolute Gasteiger partial charge is 0.338 e. The largest absolute Gasteiger partial charge is 0.494 e. The van der Waals surface area contributed by atoms with Crippen LogP contribution >= 0.6 is 11.6 Å². The minimum atomic E-state index is -0.958. The number of halogens is 1. The zero-order valence-electron chi connectivity index (χ0n) is 13.4. The predicted molar refractivity (Wildman–Crippen MR) is 92.6 cm³/mol. The molecule has 2 aromatic carbocycles. The SMILES string of the molecule is CCOc1ccc(C(=O)OC(C)C(=O)Nc2ccccc2Cl)cc1. The standard InChI is InChI=1S/C18H18ClNO4/c1-3-23-14-10-8-13(9-11-14)18(22)24-12(2)17(21)20-16-7-5-4-6-15(16)19/h4-12H,3H2,1-2H3,(H,20,21). The third-order valence-electron chi connectivity index (χ3n) is 3.19. The Balaban J connectivity index is 1.95. The lowest BCUT2D eigenvalue weighted by Crippen LogP contribution is -2.30.